The van der Waals surface area contributed by atoms with Crippen molar-refractivity contribution in [3.05, 3.63) is 0 Å². The van der Waals surface area contributed by atoms with Crippen LogP contribution < -0.4 is 5.14 Å². The van der Waals surface area contributed by atoms with Crippen molar-refractivity contribution in [2.24, 2.45) is 11.1 Å². The van der Waals surface area contributed by atoms with Gasteiger partial charge in [-0.3, -0.25) is 5.14 Å². The Hall–Kier alpha value is 0.270. The lowest BCUT2D eigenvalue weighted by molar-refractivity contribution is 0.0925. The highest BCUT2D eigenvalue weighted by Crippen LogP contribution is 2.29. The van der Waals surface area contributed by atoms with Crippen LogP contribution in [0.5, 0.6) is 0 Å². The average molecular weight is 290 g/mol. The lowest BCUT2D eigenvalue weighted by Crippen LogP contribution is -2.30. The zero-order valence-electron chi connectivity index (χ0n) is 13.3. The molecule has 0 aromatic heterocycles. The Kier molecular flexibility index (Phi) is 12.2. The second-order valence-corrected chi connectivity index (χ2v) is 7.11. The van der Waals surface area contributed by atoms with Crippen LogP contribution >= 0.6 is 11.9 Å². The lowest BCUT2D eigenvalue weighted by atomic mass is 9.97. The van der Waals surface area contributed by atoms with Gasteiger partial charge in [0.2, 0.25) is 0 Å². The van der Waals surface area contributed by atoms with Crippen LogP contribution in [-0.2, 0) is 0 Å². The number of nitrogens with two attached hydrogens (primary N) is 1. The van der Waals surface area contributed by atoms with E-state index in [1.807, 2.05) is 6.92 Å². The molecular weight excluding hydrogens is 254 g/mol. The van der Waals surface area contributed by atoms with Crippen molar-refractivity contribution in [2.75, 3.05) is 0 Å². The molecule has 0 aliphatic rings. The van der Waals surface area contributed by atoms with Gasteiger partial charge in [-0.2, -0.15) is 0 Å². The van der Waals surface area contributed by atoms with Crippen LogP contribution in [0.2, 0.25) is 0 Å². The summed E-state index contributed by atoms with van der Waals surface area (Å²) in [5.41, 5.74) is 0. The molecule has 0 heterocycles. The second kappa shape index (κ2) is 12.0. The molecule has 19 heavy (non-hydrogen) atoms. The molecule has 116 valence electrons. The normalized spacial score (nSPS) is 16.3. The van der Waals surface area contributed by atoms with Gasteiger partial charge in [0.25, 0.3) is 0 Å². The van der Waals surface area contributed by atoms with E-state index in [-0.39, 0.29) is 5.92 Å². The van der Waals surface area contributed by atoms with Gasteiger partial charge in [-0.05, 0) is 31.2 Å². The van der Waals surface area contributed by atoms with E-state index in [2.05, 4.69) is 13.8 Å². The van der Waals surface area contributed by atoms with Crippen LogP contribution in [0.3, 0.4) is 0 Å². The smallest absolute Gasteiger partial charge is 0.123 e. The zero-order chi connectivity index (χ0) is 14.6. The Bertz CT molecular complexity index is 197. The molecule has 3 heteroatoms. The van der Waals surface area contributed by atoms with E-state index in [0.717, 1.165) is 18.4 Å². The fourth-order valence-corrected chi connectivity index (χ4v) is 2.67. The molecule has 3 N–H and O–H groups in total. The molecule has 2 nitrogen and oxygen atoms in total. The van der Waals surface area contributed by atoms with Crippen molar-refractivity contribution in [2.45, 2.75) is 96.3 Å². The molecule has 0 fully saturated rings. The maximum atomic E-state index is 9.97. The van der Waals surface area contributed by atoms with Crippen molar-refractivity contribution in [1.82, 2.24) is 0 Å². The quantitative estimate of drug-likeness (QED) is 0.276. The number of hydrogen-bond donors (Lipinski definition) is 2. The van der Waals surface area contributed by atoms with E-state index in [4.69, 9.17) is 5.14 Å². The first kappa shape index (κ1) is 19.3. The topological polar surface area (TPSA) is 46.2 Å². The molecule has 0 saturated heterocycles. The van der Waals surface area contributed by atoms with Crippen LogP contribution in [0.15, 0.2) is 0 Å². The highest BCUT2D eigenvalue weighted by molar-refractivity contribution is 7.98. The molecule has 0 spiro atoms. The largest absolute Gasteiger partial charge is 0.378 e. The summed E-state index contributed by atoms with van der Waals surface area (Å²) in [6, 6.07) is 0. The van der Waals surface area contributed by atoms with Crippen LogP contribution in [0.25, 0.3) is 0 Å². The van der Waals surface area contributed by atoms with Gasteiger partial charge in [0.15, 0.2) is 0 Å². The van der Waals surface area contributed by atoms with Crippen LogP contribution in [0.4, 0.5) is 0 Å². The first-order chi connectivity index (χ1) is 9.04. The van der Waals surface area contributed by atoms with E-state index >= 15 is 0 Å². The molecular formula is C16H35NOS. The summed E-state index contributed by atoms with van der Waals surface area (Å²) in [7, 11) is 0. The highest BCUT2D eigenvalue weighted by atomic mass is 32.2. The zero-order valence-corrected chi connectivity index (χ0v) is 14.1. The highest BCUT2D eigenvalue weighted by Gasteiger charge is 2.26. The molecule has 2 atom stereocenters. The molecule has 0 radical (unpaired) electrons. The Morgan fingerprint density at radius 1 is 0.947 bits per heavy atom. The predicted molar refractivity (Wildman–Crippen MR) is 88.0 cm³/mol. The molecule has 0 aliphatic carbocycles. The minimum absolute atomic E-state index is 0.275. The predicted octanol–water partition coefficient (Wildman–Crippen LogP) is 5.25. The van der Waals surface area contributed by atoms with Gasteiger partial charge in [0.1, 0.15) is 4.93 Å². The first-order valence-electron chi connectivity index (χ1n) is 8.14. The van der Waals surface area contributed by atoms with Crippen molar-refractivity contribution in [3.8, 4) is 0 Å². The fraction of sp³-hybridized carbons (Fsp3) is 1.00. The van der Waals surface area contributed by atoms with Gasteiger partial charge in [0.05, 0.1) is 0 Å². The minimum atomic E-state index is -0.765. The lowest BCUT2D eigenvalue weighted by Gasteiger charge is -2.27. The van der Waals surface area contributed by atoms with Gasteiger partial charge in [-0.25, -0.2) is 0 Å². The van der Waals surface area contributed by atoms with E-state index in [0.29, 0.717) is 0 Å². The summed E-state index contributed by atoms with van der Waals surface area (Å²) in [6.07, 6.45) is 14.7. The monoisotopic (exact) mass is 289 g/mol. The molecule has 0 aliphatic heterocycles. The van der Waals surface area contributed by atoms with E-state index in [1.54, 1.807) is 0 Å². The standard InChI is InChI=1S/C16H35NOS/c1-4-5-6-7-8-9-10-11-12-13-14-15(2)16(3,18)19-17/h15,18H,4-14,17H2,1-3H3. The summed E-state index contributed by atoms with van der Waals surface area (Å²) in [6.45, 7) is 6.17. The van der Waals surface area contributed by atoms with Gasteiger partial charge in [0, 0.05) is 0 Å². The summed E-state index contributed by atoms with van der Waals surface area (Å²) >= 11 is 1.07. The SMILES string of the molecule is CCCCCCCCCCCCC(C)C(C)(O)SN. The fourth-order valence-electron chi connectivity index (χ4n) is 2.32. The van der Waals surface area contributed by atoms with Gasteiger partial charge in [-0.15, -0.1) is 0 Å². The van der Waals surface area contributed by atoms with Crippen LogP contribution in [0.1, 0.15) is 91.4 Å². The number of unbranched alkanes of at least 4 members (excludes halogenated alkanes) is 9. The summed E-state index contributed by atoms with van der Waals surface area (Å²) in [4.78, 5) is -0.765. The van der Waals surface area contributed by atoms with E-state index in [1.165, 1.54) is 64.2 Å². The van der Waals surface area contributed by atoms with Gasteiger partial charge in [-0.1, -0.05) is 78.1 Å². The minimum Gasteiger partial charge on any atom is -0.378 e. The van der Waals surface area contributed by atoms with E-state index < -0.39 is 4.93 Å². The first-order valence-corrected chi connectivity index (χ1v) is 9.02. The number of rotatable bonds is 13. The molecule has 0 rings (SSSR count). The third kappa shape index (κ3) is 10.7. The molecule has 0 aromatic carbocycles. The van der Waals surface area contributed by atoms with E-state index in [9.17, 15) is 5.11 Å². The average Bonchev–Trinajstić information content (AvgIpc) is 2.40. The third-order valence-electron chi connectivity index (χ3n) is 4.14. The molecule has 0 saturated carbocycles. The molecule has 0 amide bonds. The maximum absolute atomic E-state index is 9.97. The number of hydrogen-bond acceptors (Lipinski definition) is 3. The summed E-state index contributed by atoms with van der Waals surface area (Å²) < 4.78 is 0. The summed E-state index contributed by atoms with van der Waals surface area (Å²) in [5, 5.41) is 15.5. The molecule has 0 aromatic rings. The molecule has 2 unspecified atom stereocenters. The molecule has 0 bridgehead atoms. The van der Waals surface area contributed by atoms with Crippen LogP contribution in [0, 0.1) is 5.92 Å². The van der Waals surface area contributed by atoms with Gasteiger partial charge < -0.3 is 5.11 Å². The number of aliphatic hydroxyl groups is 1. The van der Waals surface area contributed by atoms with Crippen molar-refractivity contribution in [1.29, 1.82) is 0 Å². The van der Waals surface area contributed by atoms with Crippen molar-refractivity contribution in [3.63, 3.8) is 0 Å². The van der Waals surface area contributed by atoms with Crippen LogP contribution in [-0.4, -0.2) is 10.0 Å². The maximum Gasteiger partial charge on any atom is 0.123 e. The Labute approximate surface area is 125 Å². The third-order valence-corrected chi connectivity index (χ3v) is 5.02. The van der Waals surface area contributed by atoms with Crippen molar-refractivity contribution < 1.29 is 5.11 Å². The Balaban J connectivity index is 3.27. The second-order valence-electron chi connectivity index (χ2n) is 6.04. The Morgan fingerprint density at radius 2 is 1.37 bits per heavy atom. The summed E-state index contributed by atoms with van der Waals surface area (Å²) in [5.74, 6) is 0.275. The van der Waals surface area contributed by atoms with Gasteiger partial charge >= 0.3 is 0 Å². The van der Waals surface area contributed by atoms with Crippen molar-refractivity contribution >= 4 is 11.9 Å². The Morgan fingerprint density at radius 3 is 1.79 bits per heavy atom.